The Kier molecular flexibility index (Phi) is 8.81. The van der Waals surface area contributed by atoms with Crippen LogP contribution in [0.25, 0.3) is 0 Å². The summed E-state index contributed by atoms with van der Waals surface area (Å²) in [6.45, 7) is 3.85. The zero-order valence-corrected chi connectivity index (χ0v) is 25.1. The summed E-state index contributed by atoms with van der Waals surface area (Å²) in [7, 11) is 2.07. The van der Waals surface area contributed by atoms with Crippen LogP contribution in [0.15, 0.2) is 59.6 Å². The quantitative estimate of drug-likeness (QED) is 0.306. The Morgan fingerprint density at radius 1 is 0.889 bits per heavy atom. The smallest absolute Gasteiger partial charge is 0.382 e. The molecule has 0 aromatic heterocycles. The van der Waals surface area contributed by atoms with Gasteiger partial charge < -0.3 is 20.4 Å². The van der Waals surface area contributed by atoms with E-state index in [1.165, 1.54) is 12.1 Å². The van der Waals surface area contributed by atoms with Crippen LogP contribution in [-0.4, -0.2) is 62.1 Å². The fourth-order valence-electron chi connectivity index (χ4n) is 6.47. The molecule has 2 heterocycles. The number of amidine groups is 1. The van der Waals surface area contributed by atoms with Crippen molar-refractivity contribution in [1.29, 1.82) is 0 Å². The lowest BCUT2D eigenvalue weighted by molar-refractivity contribution is -0.182. The van der Waals surface area contributed by atoms with Gasteiger partial charge in [0.25, 0.3) is 5.91 Å². The van der Waals surface area contributed by atoms with Gasteiger partial charge in [-0.25, -0.2) is 8.78 Å². The van der Waals surface area contributed by atoms with E-state index >= 15 is 0 Å². The Hall–Kier alpha value is -3.99. The minimum absolute atomic E-state index is 0.0546. The molecule has 0 unspecified atom stereocenters. The summed E-state index contributed by atoms with van der Waals surface area (Å²) in [4.78, 5) is 22.8. The second kappa shape index (κ2) is 12.8. The monoisotopic (exact) mass is 625 g/mol. The maximum absolute atomic E-state index is 13.8. The number of piperazine rings is 1. The van der Waals surface area contributed by atoms with Gasteiger partial charge in [0.1, 0.15) is 17.5 Å². The molecule has 238 valence electrons. The maximum atomic E-state index is 13.8. The van der Waals surface area contributed by atoms with Crippen LogP contribution in [0.5, 0.6) is 0 Å². The molecule has 3 aromatic carbocycles. The van der Waals surface area contributed by atoms with E-state index < -0.39 is 23.7 Å². The number of alkyl halides is 3. The van der Waals surface area contributed by atoms with Gasteiger partial charge in [-0.3, -0.25) is 9.79 Å². The zero-order chi connectivity index (χ0) is 31.7. The normalized spacial score (nSPS) is 20.5. The van der Waals surface area contributed by atoms with Crippen molar-refractivity contribution in [3.63, 3.8) is 0 Å². The number of nitrogens with one attached hydrogen (secondary N) is 2. The summed E-state index contributed by atoms with van der Waals surface area (Å²) in [5.74, 6) is -2.55. The highest BCUT2D eigenvalue weighted by Gasteiger charge is 2.41. The molecular weight excluding hydrogens is 589 g/mol. The van der Waals surface area contributed by atoms with E-state index in [1.54, 1.807) is 6.07 Å². The Morgan fingerprint density at radius 3 is 2.29 bits per heavy atom. The topological polar surface area (TPSA) is 60.0 Å². The number of carbonyl (C=O) groups is 1. The minimum Gasteiger partial charge on any atom is -0.382 e. The first-order valence-electron chi connectivity index (χ1n) is 15.4. The SMILES string of the molecule is CN1CCN(c2ccc(C(=O)NC3=NCc4ccc(Cc5cc(F)cc(F)c5)cc43)c(NC3CCC(C(F)(F)F)CC3)c2)CC1. The maximum Gasteiger partial charge on any atom is 0.391 e. The lowest BCUT2D eigenvalue weighted by Crippen LogP contribution is -2.44. The van der Waals surface area contributed by atoms with Crippen molar-refractivity contribution in [1.82, 2.24) is 10.2 Å². The number of hydrogen-bond donors (Lipinski definition) is 2. The van der Waals surface area contributed by atoms with Crippen molar-refractivity contribution >= 4 is 23.1 Å². The van der Waals surface area contributed by atoms with E-state index in [9.17, 15) is 26.7 Å². The van der Waals surface area contributed by atoms with Gasteiger partial charge in [-0.05, 0) is 92.2 Å². The predicted octanol–water partition coefficient (Wildman–Crippen LogP) is 6.53. The first-order valence-corrected chi connectivity index (χ1v) is 15.4. The van der Waals surface area contributed by atoms with Crippen LogP contribution in [0.3, 0.4) is 0 Å². The van der Waals surface area contributed by atoms with Crippen LogP contribution >= 0.6 is 0 Å². The lowest BCUT2D eigenvalue weighted by atomic mass is 9.85. The summed E-state index contributed by atoms with van der Waals surface area (Å²) in [5.41, 5.74) is 4.89. The molecule has 2 N–H and O–H groups in total. The van der Waals surface area contributed by atoms with Gasteiger partial charge in [0.05, 0.1) is 18.0 Å². The molecule has 0 radical (unpaired) electrons. The average Bonchev–Trinajstić information content (AvgIpc) is 3.38. The van der Waals surface area contributed by atoms with E-state index in [1.807, 2.05) is 30.3 Å². The highest BCUT2D eigenvalue weighted by Crippen LogP contribution is 2.39. The van der Waals surface area contributed by atoms with Gasteiger partial charge in [-0.1, -0.05) is 12.1 Å². The second-order valence-electron chi connectivity index (χ2n) is 12.3. The van der Waals surface area contributed by atoms with Crippen molar-refractivity contribution in [3.8, 4) is 0 Å². The number of amides is 1. The highest BCUT2D eigenvalue weighted by atomic mass is 19.4. The molecule has 0 spiro atoms. The molecule has 0 bridgehead atoms. The Morgan fingerprint density at radius 2 is 1.60 bits per heavy atom. The molecule has 0 atom stereocenters. The van der Waals surface area contributed by atoms with Crippen molar-refractivity contribution in [2.45, 2.75) is 50.9 Å². The van der Waals surface area contributed by atoms with E-state index in [0.29, 0.717) is 48.5 Å². The highest BCUT2D eigenvalue weighted by molar-refractivity contribution is 6.15. The fraction of sp³-hybridized carbons (Fsp3) is 0.412. The van der Waals surface area contributed by atoms with E-state index in [2.05, 4.69) is 32.5 Å². The average molecular weight is 626 g/mol. The van der Waals surface area contributed by atoms with Crippen LogP contribution in [0.1, 0.15) is 58.3 Å². The number of benzene rings is 3. The van der Waals surface area contributed by atoms with Gasteiger partial charge in [0.15, 0.2) is 0 Å². The van der Waals surface area contributed by atoms with E-state index in [-0.39, 0.29) is 24.8 Å². The molecule has 1 aliphatic carbocycles. The molecule has 1 amide bonds. The third kappa shape index (κ3) is 7.30. The standard InChI is InChI=1S/C34H36F5N5O/c1-43-10-12-44(13-11-43)28-8-9-29(31(19-28)41-27-6-4-24(5-7-27)34(37,38)39)33(45)42-32-30-17-21(2-3-23(30)20-40-32)14-22-15-25(35)18-26(36)16-22/h2-3,8-9,15-19,24,27,41H,4-7,10-14,20H2,1H3,(H,40,42,45). The van der Waals surface area contributed by atoms with Crippen LogP contribution < -0.4 is 15.5 Å². The molecule has 1 saturated carbocycles. The number of halogens is 5. The molecule has 45 heavy (non-hydrogen) atoms. The van der Waals surface area contributed by atoms with Gasteiger partial charge in [-0.2, -0.15) is 13.2 Å². The van der Waals surface area contributed by atoms with Crippen LogP contribution in [0, 0.1) is 17.6 Å². The Bertz CT molecular complexity index is 1570. The van der Waals surface area contributed by atoms with Gasteiger partial charge in [0, 0.05) is 55.2 Å². The summed E-state index contributed by atoms with van der Waals surface area (Å²) < 4.78 is 67.4. The molecule has 2 aliphatic heterocycles. The molecule has 3 aliphatic rings. The van der Waals surface area contributed by atoms with Crippen molar-refractivity contribution in [2.75, 3.05) is 43.4 Å². The predicted molar refractivity (Wildman–Crippen MR) is 165 cm³/mol. The number of rotatable bonds is 6. The second-order valence-corrected chi connectivity index (χ2v) is 12.3. The third-order valence-electron chi connectivity index (χ3n) is 9.07. The number of fused-ring (bicyclic) bond motifs is 1. The molecule has 1 saturated heterocycles. The fourth-order valence-corrected chi connectivity index (χ4v) is 6.47. The van der Waals surface area contributed by atoms with Crippen molar-refractivity contribution < 1.29 is 26.7 Å². The number of likely N-dealkylation sites (N-methyl/N-ethyl adjacent to an activating group) is 1. The Balaban J connectivity index is 1.21. The summed E-state index contributed by atoms with van der Waals surface area (Å²) in [6, 6.07) is 14.5. The third-order valence-corrected chi connectivity index (χ3v) is 9.07. The Labute approximate surface area is 259 Å². The first-order chi connectivity index (χ1) is 21.5. The number of nitrogens with zero attached hydrogens (tertiary/aromatic N) is 3. The van der Waals surface area contributed by atoms with Crippen molar-refractivity contribution in [2.24, 2.45) is 10.9 Å². The number of aliphatic imine (C=N–C) groups is 1. The lowest BCUT2D eigenvalue weighted by Gasteiger charge is -2.35. The van der Waals surface area contributed by atoms with Gasteiger partial charge in [-0.15, -0.1) is 0 Å². The van der Waals surface area contributed by atoms with Crippen LogP contribution in [0.4, 0.5) is 33.3 Å². The van der Waals surface area contributed by atoms with Crippen molar-refractivity contribution in [3.05, 3.63) is 94.0 Å². The summed E-state index contributed by atoms with van der Waals surface area (Å²) in [6.07, 6.45) is -3.05. The molecule has 2 fully saturated rings. The summed E-state index contributed by atoms with van der Waals surface area (Å²) >= 11 is 0. The molecule has 11 heteroatoms. The number of hydrogen-bond acceptors (Lipinski definition) is 5. The first kappa shape index (κ1) is 31.0. The molecule has 6 nitrogen and oxygen atoms in total. The number of carbonyl (C=O) groups excluding carboxylic acids is 1. The zero-order valence-electron chi connectivity index (χ0n) is 25.1. The summed E-state index contributed by atoms with van der Waals surface area (Å²) in [5, 5.41) is 6.37. The van der Waals surface area contributed by atoms with E-state index in [0.717, 1.165) is 54.6 Å². The molecule has 3 aromatic rings. The number of anilines is 2. The largest absolute Gasteiger partial charge is 0.391 e. The van der Waals surface area contributed by atoms with Crippen LogP contribution in [-0.2, 0) is 13.0 Å². The minimum atomic E-state index is -4.19. The van der Waals surface area contributed by atoms with Crippen LogP contribution in [0.2, 0.25) is 0 Å². The molecular formula is C34H36F5N5O. The van der Waals surface area contributed by atoms with Gasteiger partial charge in [0.2, 0.25) is 0 Å². The molecule has 6 rings (SSSR count). The van der Waals surface area contributed by atoms with Gasteiger partial charge >= 0.3 is 6.18 Å². The van der Waals surface area contributed by atoms with E-state index in [4.69, 9.17) is 0 Å².